The molecule has 0 saturated carbocycles. The first-order valence-corrected chi connectivity index (χ1v) is 8.92. The van der Waals surface area contributed by atoms with Crippen LogP contribution in [0.4, 0.5) is 5.13 Å². The lowest BCUT2D eigenvalue weighted by Gasteiger charge is -2.31. The quantitative estimate of drug-likeness (QED) is 0.864. The van der Waals surface area contributed by atoms with E-state index >= 15 is 0 Å². The normalized spacial score (nSPS) is 17.1. The second-order valence-electron chi connectivity index (χ2n) is 6.09. The van der Waals surface area contributed by atoms with E-state index in [2.05, 4.69) is 37.9 Å². The molecule has 114 valence electrons. The maximum atomic E-state index is 4.89. The summed E-state index contributed by atoms with van der Waals surface area (Å²) >= 11 is 1.89. The van der Waals surface area contributed by atoms with E-state index in [1.54, 1.807) is 0 Å². The molecule has 0 aromatic carbocycles. The molecule has 1 aliphatic heterocycles. The van der Waals surface area contributed by atoms with Crippen molar-refractivity contribution in [2.24, 2.45) is 5.92 Å². The van der Waals surface area contributed by atoms with Crippen molar-refractivity contribution in [1.82, 2.24) is 10.3 Å². The zero-order valence-electron chi connectivity index (χ0n) is 13.4. The lowest BCUT2D eigenvalue weighted by molar-refractivity contribution is 0.395. The molecule has 0 unspecified atom stereocenters. The summed E-state index contributed by atoms with van der Waals surface area (Å²) in [4.78, 5) is 8.81. The number of nitrogens with zero attached hydrogens (tertiary/aromatic N) is 2. The molecule has 1 aromatic heterocycles. The fourth-order valence-electron chi connectivity index (χ4n) is 2.75. The molecule has 4 heteroatoms. The van der Waals surface area contributed by atoms with Crippen LogP contribution < -0.4 is 10.2 Å². The Labute approximate surface area is 127 Å². The molecule has 1 aliphatic rings. The minimum atomic E-state index is 0.533. The number of aryl methyl sites for hydroxylation is 1. The first-order valence-electron chi connectivity index (χ1n) is 8.10. The third kappa shape index (κ3) is 3.95. The van der Waals surface area contributed by atoms with E-state index in [0.29, 0.717) is 6.04 Å². The lowest BCUT2D eigenvalue weighted by Crippen LogP contribution is -2.33. The Bertz CT molecular complexity index is 406. The Balaban J connectivity index is 2.01. The van der Waals surface area contributed by atoms with Crippen LogP contribution in [0.2, 0.25) is 0 Å². The highest BCUT2D eigenvalue weighted by atomic mass is 32.1. The van der Waals surface area contributed by atoms with Gasteiger partial charge in [-0.25, -0.2) is 4.98 Å². The van der Waals surface area contributed by atoms with Crippen LogP contribution in [-0.4, -0.2) is 24.1 Å². The molecule has 3 nitrogen and oxygen atoms in total. The van der Waals surface area contributed by atoms with E-state index in [4.69, 9.17) is 4.98 Å². The van der Waals surface area contributed by atoms with Crippen LogP contribution in [0.1, 0.15) is 57.5 Å². The molecule has 0 radical (unpaired) electrons. The van der Waals surface area contributed by atoms with Gasteiger partial charge in [-0.2, -0.15) is 0 Å². The summed E-state index contributed by atoms with van der Waals surface area (Å²) < 4.78 is 0. The summed E-state index contributed by atoms with van der Waals surface area (Å²) in [7, 11) is 0. The molecule has 1 aromatic rings. The van der Waals surface area contributed by atoms with Crippen molar-refractivity contribution in [3.05, 3.63) is 10.6 Å². The van der Waals surface area contributed by atoms with E-state index in [1.165, 1.54) is 48.1 Å². The highest BCUT2D eigenvalue weighted by Gasteiger charge is 2.21. The van der Waals surface area contributed by atoms with Gasteiger partial charge in [-0.05, 0) is 25.2 Å². The van der Waals surface area contributed by atoms with Crippen molar-refractivity contribution in [3.63, 3.8) is 0 Å². The summed E-state index contributed by atoms with van der Waals surface area (Å²) in [5, 5.41) is 4.77. The molecule has 0 atom stereocenters. The van der Waals surface area contributed by atoms with Crippen LogP contribution >= 0.6 is 11.3 Å². The average Bonchev–Trinajstić information content (AvgIpc) is 2.88. The smallest absolute Gasteiger partial charge is 0.185 e. The molecular weight excluding hydrogens is 266 g/mol. The van der Waals surface area contributed by atoms with Gasteiger partial charge in [-0.15, -0.1) is 11.3 Å². The molecule has 1 N–H and O–H groups in total. The molecule has 2 heterocycles. The van der Waals surface area contributed by atoms with E-state index in [1.807, 2.05) is 11.3 Å². The van der Waals surface area contributed by atoms with Crippen molar-refractivity contribution < 1.29 is 0 Å². The molecular formula is C16H29N3S. The maximum absolute atomic E-state index is 4.89. The highest BCUT2D eigenvalue weighted by molar-refractivity contribution is 7.15. The zero-order chi connectivity index (χ0) is 14.5. The van der Waals surface area contributed by atoms with Crippen LogP contribution in [0.3, 0.4) is 0 Å². The van der Waals surface area contributed by atoms with Gasteiger partial charge in [0.1, 0.15) is 0 Å². The summed E-state index contributed by atoms with van der Waals surface area (Å²) in [6, 6.07) is 0.533. The van der Waals surface area contributed by atoms with Crippen molar-refractivity contribution in [1.29, 1.82) is 0 Å². The number of nitrogens with one attached hydrogen (secondary N) is 1. The van der Waals surface area contributed by atoms with Gasteiger partial charge in [0.25, 0.3) is 0 Å². The number of hydrogen-bond acceptors (Lipinski definition) is 4. The molecule has 0 spiro atoms. The summed E-state index contributed by atoms with van der Waals surface area (Å²) in [5.41, 5.74) is 1.29. The molecule has 1 fully saturated rings. The minimum Gasteiger partial charge on any atom is -0.348 e. The fraction of sp³-hybridized carbons (Fsp3) is 0.812. The van der Waals surface area contributed by atoms with E-state index < -0.39 is 0 Å². The van der Waals surface area contributed by atoms with E-state index in [-0.39, 0.29) is 0 Å². The molecule has 2 rings (SSSR count). The minimum absolute atomic E-state index is 0.533. The van der Waals surface area contributed by atoms with Gasteiger partial charge in [-0.1, -0.05) is 34.1 Å². The van der Waals surface area contributed by atoms with Crippen molar-refractivity contribution in [2.45, 2.75) is 66.0 Å². The van der Waals surface area contributed by atoms with Crippen LogP contribution in [0.25, 0.3) is 0 Å². The second-order valence-corrected chi connectivity index (χ2v) is 7.16. The Morgan fingerprint density at radius 3 is 2.55 bits per heavy atom. The Kier molecular flexibility index (Phi) is 5.85. The third-order valence-corrected chi connectivity index (χ3v) is 5.39. The predicted molar refractivity (Wildman–Crippen MR) is 88.7 cm³/mol. The molecule has 20 heavy (non-hydrogen) atoms. The topological polar surface area (TPSA) is 28.2 Å². The van der Waals surface area contributed by atoms with Crippen molar-refractivity contribution in [3.8, 4) is 0 Å². The van der Waals surface area contributed by atoms with Gasteiger partial charge < -0.3 is 10.2 Å². The SMILES string of the molecule is CCc1nc(N2CCC(CC)CC2)sc1CNC(C)C. The monoisotopic (exact) mass is 295 g/mol. The van der Waals surface area contributed by atoms with Crippen LogP contribution in [-0.2, 0) is 13.0 Å². The summed E-state index contributed by atoms with van der Waals surface area (Å²) in [6.45, 7) is 12.3. The average molecular weight is 295 g/mol. The van der Waals surface area contributed by atoms with Gasteiger partial charge in [0.2, 0.25) is 0 Å². The number of hydrogen-bond donors (Lipinski definition) is 1. The van der Waals surface area contributed by atoms with Crippen LogP contribution in [0.5, 0.6) is 0 Å². The predicted octanol–water partition coefficient (Wildman–Crippen LogP) is 3.83. The Morgan fingerprint density at radius 1 is 1.30 bits per heavy atom. The van der Waals surface area contributed by atoms with Gasteiger partial charge in [0.05, 0.1) is 5.69 Å². The van der Waals surface area contributed by atoms with Crippen molar-refractivity contribution in [2.75, 3.05) is 18.0 Å². The Hall–Kier alpha value is -0.610. The van der Waals surface area contributed by atoms with Gasteiger partial charge in [0, 0.05) is 30.6 Å². The second kappa shape index (κ2) is 7.41. The van der Waals surface area contributed by atoms with E-state index in [0.717, 1.165) is 18.9 Å². The van der Waals surface area contributed by atoms with E-state index in [9.17, 15) is 0 Å². The number of piperidine rings is 1. The number of aromatic nitrogens is 1. The number of anilines is 1. The zero-order valence-corrected chi connectivity index (χ0v) is 14.2. The van der Waals surface area contributed by atoms with Gasteiger partial charge >= 0.3 is 0 Å². The molecule has 0 aliphatic carbocycles. The van der Waals surface area contributed by atoms with Crippen molar-refractivity contribution >= 4 is 16.5 Å². The standard InChI is InChI=1S/C16H29N3S/c1-5-13-7-9-19(10-8-13)16-18-14(6-2)15(20-16)11-17-12(3)4/h12-13,17H,5-11H2,1-4H3. The Morgan fingerprint density at radius 2 is 2.00 bits per heavy atom. The summed E-state index contributed by atoms with van der Waals surface area (Å²) in [6.07, 6.45) is 5.03. The molecule has 1 saturated heterocycles. The fourth-order valence-corrected chi connectivity index (χ4v) is 3.90. The highest BCUT2D eigenvalue weighted by Crippen LogP contribution is 2.30. The maximum Gasteiger partial charge on any atom is 0.185 e. The van der Waals surface area contributed by atoms with Crippen LogP contribution in [0, 0.1) is 5.92 Å². The largest absolute Gasteiger partial charge is 0.348 e. The molecule has 0 amide bonds. The first-order chi connectivity index (χ1) is 9.63. The van der Waals surface area contributed by atoms with Crippen LogP contribution in [0.15, 0.2) is 0 Å². The first kappa shape index (κ1) is 15.8. The third-order valence-electron chi connectivity index (χ3n) is 4.24. The summed E-state index contributed by atoms with van der Waals surface area (Å²) in [5.74, 6) is 0.930. The number of thiazole rings is 1. The lowest BCUT2D eigenvalue weighted by atomic mass is 9.95. The number of rotatable bonds is 6. The molecule has 0 bridgehead atoms. The van der Waals surface area contributed by atoms with Gasteiger partial charge in [0.15, 0.2) is 5.13 Å². The van der Waals surface area contributed by atoms with Gasteiger partial charge in [-0.3, -0.25) is 0 Å².